The van der Waals surface area contributed by atoms with Crippen molar-refractivity contribution in [2.24, 2.45) is 0 Å². The van der Waals surface area contributed by atoms with Gasteiger partial charge in [0.1, 0.15) is 5.69 Å². The summed E-state index contributed by atoms with van der Waals surface area (Å²) in [5, 5.41) is 10.9. The number of nitrogens with zero attached hydrogens (tertiary/aromatic N) is 2. The van der Waals surface area contributed by atoms with Crippen molar-refractivity contribution in [2.75, 3.05) is 18.0 Å². The number of nitro groups is 1. The largest absolute Gasteiger partial charge is 0.416 e. The van der Waals surface area contributed by atoms with Crippen LogP contribution in [0.25, 0.3) is 0 Å². The van der Waals surface area contributed by atoms with Crippen LogP contribution in [0, 0.1) is 10.1 Å². The van der Waals surface area contributed by atoms with Crippen molar-refractivity contribution in [3.63, 3.8) is 0 Å². The Morgan fingerprint density at radius 2 is 1.76 bits per heavy atom. The van der Waals surface area contributed by atoms with Gasteiger partial charge in [0.15, 0.2) is 0 Å². The van der Waals surface area contributed by atoms with Gasteiger partial charge in [-0.25, -0.2) is 8.78 Å². The van der Waals surface area contributed by atoms with Gasteiger partial charge in [0, 0.05) is 32.0 Å². The Morgan fingerprint density at radius 1 is 1.19 bits per heavy atom. The lowest BCUT2D eigenvalue weighted by Crippen LogP contribution is -2.39. The fourth-order valence-corrected chi connectivity index (χ4v) is 2.19. The molecule has 0 spiro atoms. The number of hydrogen-bond acceptors (Lipinski definition) is 3. The summed E-state index contributed by atoms with van der Waals surface area (Å²) in [7, 11) is 0. The summed E-state index contributed by atoms with van der Waals surface area (Å²) in [6.07, 6.45) is -5.66. The summed E-state index contributed by atoms with van der Waals surface area (Å²) in [6.45, 7) is -0.279. The Hall–Kier alpha value is -1.93. The standard InChI is InChI=1S/C12H11F5N2O2/c13-11(14)3-5-18(6-4-11)9-2-1-8(12(15,16)17)7-10(9)19(20)21/h1-2,7H,3-6H2. The first-order valence-electron chi connectivity index (χ1n) is 6.08. The molecule has 0 aromatic heterocycles. The van der Waals surface area contributed by atoms with Gasteiger partial charge in [-0.15, -0.1) is 0 Å². The van der Waals surface area contributed by atoms with E-state index in [1.54, 1.807) is 0 Å². The summed E-state index contributed by atoms with van der Waals surface area (Å²) >= 11 is 0. The summed E-state index contributed by atoms with van der Waals surface area (Å²) in [6, 6.07) is 2.11. The van der Waals surface area contributed by atoms with Crippen molar-refractivity contribution in [3.8, 4) is 0 Å². The molecular formula is C12H11F5N2O2. The normalized spacial score (nSPS) is 18.6. The van der Waals surface area contributed by atoms with Gasteiger partial charge in [-0.1, -0.05) is 0 Å². The highest BCUT2D eigenvalue weighted by molar-refractivity contribution is 5.65. The minimum atomic E-state index is -4.70. The van der Waals surface area contributed by atoms with Crippen LogP contribution < -0.4 is 4.90 Å². The van der Waals surface area contributed by atoms with E-state index in [-0.39, 0.29) is 18.8 Å². The molecule has 0 aliphatic carbocycles. The molecule has 1 aromatic rings. The average molecular weight is 310 g/mol. The van der Waals surface area contributed by atoms with Gasteiger partial charge in [0.25, 0.3) is 11.6 Å². The number of halogens is 5. The topological polar surface area (TPSA) is 46.4 Å². The highest BCUT2D eigenvalue weighted by Crippen LogP contribution is 2.38. The van der Waals surface area contributed by atoms with E-state index in [9.17, 15) is 32.1 Å². The summed E-state index contributed by atoms with van der Waals surface area (Å²) in [4.78, 5) is 11.3. The van der Waals surface area contributed by atoms with E-state index in [0.29, 0.717) is 6.07 Å². The molecule has 1 aromatic carbocycles. The quantitative estimate of drug-likeness (QED) is 0.473. The Morgan fingerprint density at radius 3 is 2.24 bits per heavy atom. The molecule has 0 atom stereocenters. The molecule has 0 amide bonds. The second-order valence-corrected chi connectivity index (χ2v) is 4.80. The monoisotopic (exact) mass is 310 g/mol. The summed E-state index contributed by atoms with van der Waals surface area (Å²) < 4.78 is 63.8. The maximum absolute atomic E-state index is 13.1. The molecule has 116 valence electrons. The second kappa shape index (κ2) is 5.12. The molecule has 21 heavy (non-hydrogen) atoms. The zero-order valence-corrected chi connectivity index (χ0v) is 10.7. The molecule has 1 aliphatic heterocycles. The number of benzene rings is 1. The average Bonchev–Trinajstić information content (AvgIpc) is 2.37. The van der Waals surface area contributed by atoms with Crippen molar-refractivity contribution in [1.29, 1.82) is 0 Å². The van der Waals surface area contributed by atoms with Crippen LogP contribution in [0.3, 0.4) is 0 Å². The van der Waals surface area contributed by atoms with Crippen molar-refractivity contribution >= 4 is 11.4 Å². The molecular weight excluding hydrogens is 299 g/mol. The van der Waals surface area contributed by atoms with Crippen LogP contribution in [0.4, 0.5) is 33.3 Å². The Bertz CT molecular complexity index is 549. The Balaban J connectivity index is 2.34. The van der Waals surface area contributed by atoms with Crippen LogP contribution in [0.1, 0.15) is 18.4 Å². The first-order chi connectivity index (χ1) is 9.60. The molecule has 2 rings (SSSR count). The fraction of sp³-hybridized carbons (Fsp3) is 0.500. The Kier molecular flexibility index (Phi) is 3.77. The lowest BCUT2D eigenvalue weighted by molar-refractivity contribution is -0.384. The molecule has 1 aliphatic rings. The van der Waals surface area contributed by atoms with Crippen molar-refractivity contribution in [1.82, 2.24) is 0 Å². The van der Waals surface area contributed by atoms with Crippen LogP contribution >= 0.6 is 0 Å². The van der Waals surface area contributed by atoms with Crippen LogP contribution in [-0.4, -0.2) is 23.9 Å². The number of hydrogen-bond donors (Lipinski definition) is 0. The zero-order valence-electron chi connectivity index (χ0n) is 10.7. The van der Waals surface area contributed by atoms with E-state index >= 15 is 0 Å². The van der Waals surface area contributed by atoms with Gasteiger partial charge in [-0.05, 0) is 12.1 Å². The zero-order chi connectivity index (χ0) is 15.8. The molecule has 1 saturated heterocycles. The minimum Gasteiger partial charge on any atom is -0.366 e. The third kappa shape index (κ3) is 3.40. The van der Waals surface area contributed by atoms with Crippen LogP contribution in [0.5, 0.6) is 0 Å². The molecule has 1 fully saturated rings. The molecule has 0 unspecified atom stereocenters. The number of rotatable bonds is 2. The van der Waals surface area contributed by atoms with Gasteiger partial charge in [-0.3, -0.25) is 10.1 Å². The van der Waals surface area contributed by atoms with Crippen LogP contribution in [0.2, 0.25) is 0 Å². The lowest BCUT2D eigenvalue weighted by atomic mass is 10.0. The van der Waals surface area contributed by atoms with E-state index in [1.165, 1.54) is 4.90 Å². The van der Waals surface area contributed by atoms with Gasteiger partial charge >= 0.3 is 6.18 Å². The molecule has 0 bridgehead atoms. The fourth-order valence-electron chi connectivity index (χ4n) is 2.19. The third-order valence-electron chi connectivity index (χ3n) is 3.34. The van der Waals surface area contributed by atoms with E-state index in [0.717, 1.165) is 12.1 Å². The van der Waals surface area contributed by atoms with E-state index < -0.39 is 41.1 Å². The van der Waals surface area contributed by atoms with Gasteiger partial charge in [-0.2, -0.15) is 13.2 Å². The molecule has 1 heterocycles. The number of nitro benzene ring substituents is 1. The predicted molar refractivity (Wildman–Crippen MR) is 64.5 cm³/mol. The minimum absolute atomic E-state index is 0.0662. The SMILES string of the molecule is O=[N+]([O-])c1cc(C(F)(F)F)ccc1N1CCC(F)(F)CC1. The van der Waals surface area contributed by atoms with Crippen LogP contribution in [-0.2, 0) is 6.18 Å². The van der Waals surface area contributed by atoms with E-state index in [4.69, 9.17) is 0 Å². The van der Waals surface area contributed by atoms with Gasteiger partial charge in [0.2, 0.25) is 0 Å². The molecule has 4 nitrogen and oxygen atoms in total. The van der Waals surface area contributed by atoms with Crippen molar-refractivity contribution in [3.05, 3.63) is 33.9 Å². The molecule has 0 N–H and O–H groups in total. The number of piperidine rings is 1. The molecule has 0 saturated carbocycles. The second-order valence-electron chi connectivity index (χ2n) is 4.80. The maximum Gasteiger partial charge on any atom is 0.416 e. The van der Waals surface area contributed by atoms with Crippen LogP contribution in [0.15, 0.2) is 18.2 Å². The third-order valence-corrected chi connectivity index (χ3v) is 3.34. The molecule has 9 heteroatoms. The summed E-state index contributed by atoms with van der Waals surface area (Å²) in [5.74, 6) is -2.84. The van der Waals surface area contributed by atoms with E-state index in [2.05, 4.69) is 0 Å². The molecule has 0 radical (unpaired) electrons. The lowest BCUT2D eigenvalue weighted by Gasteiger charge is -2.33. The smallest absolute Gasteiger partial charge is 0.366 e. The number of anilines is 1. The summed E-state index contributed by atoms with van der Waals surface area (Å²) in [5.41, 5.74) is -1.93. The van der Waals surface area contributed by atoms with Crippen molar-refractivity contribution in [2.45, 2.75) is 24.9 Å². The highest BCUT2D eigenvalue weighted by atomic mass is 19.4. The van der Waals surface area contributed by atoms with E-state index in [1.807, 2.05) is 0 Å². The van der Waals surface area contributed by atoms with Gasteiger partial charge < -0.3 is 4.90 Å². The van der Waals surface area contributed by atoms with Crippen molar-refractivity contribution < 1.29 is 26.9 Å². The first-order valence-corrected chi connectivity index (χ1v) is 6.08. The number of alkyl halides is 5. The van der Waals surface area contributed by atoms with Gasteiger partial charge in [0.05, 0.1) is 10.5 Å². The Labute approximate surface area is 116 Å². The first kappa shape index (κ1) is 15.5. The highest BCUT2D eigenvalue weighted by Gasteiger charge is 2.37. The maximum atomic E-state index is 13.1. The predicted octanol–water partition coefficient (Wildman–Crippen LogP) is 3.85.